The fourth-order valence-corrected chi connectivity index (χ4v) is 3.71. The van der Waals surface area contributed by atoms with Crippen molar-refractivity contribution in [2.75, 3.05) is 13.1 Å². The Kier molecular flexibility index (Phi) is 5.45. The van der Waals surface area contributed by atoms with Gasteiger partial charge in [-0.25, -0.2) is 0 Å². The van der Waals surface area contributed by atoms with E-state index >= 15 is 0 Å². The third kappa shape index (κ3) is 4.52. The minimum absolute atomic E-state index is 0.0225. The van der Waals surface area contributed by atoms with Gasteiger partial charge in [-0.1, -0.05) is 48.5 Å². The Balaban J connectivity index is 1.32. The van der Waals surface area contributed by atoms with Crippen molar-refractivity contribution in [1.82, 2.24) is 15.2 Å². The number of amides is 1. The minimum Gasteiger partial charge on any atom is -0.352 e. The zero-order valence-corrected chi connectivity index (χ0v) is 15.5. The summed E-state index contributed by atoms with van der Waals surface area (Å²) < 4.78 is 0. The summed E-state index contributed by atoms with van der Waals surface area (Å²) in [5, 5.41) is 4.09. The van der Waals surface area contributed by atoms with Crippen molar-refractivity contribution in [3.05, 3.63) is 77.5 Å². The standard InChI is InChI=1S/C23H25N3O/c27-22(15-21-6-3-5-20-7-4-12-24-23(20)21)25-16-18-8-10-19(11-9-18)17-26-13-1-2-14-26/h3-12H,1-2,13-17H2,(H,25,27). The fraction of sp³-hybridized carbons (Fsp3) is 0.304. The molecule has 1 N–H and O–H groups in total. The molecule has 1 aliphatic heterocycles. The van der Waals surface area contributed by atoms with Crippen molar-refractivity contribution in [3.8, 4) is 0 Å². The van der Waals surface area contributed by atoms with Gasteiger partial charge in [0.05, 0.1) is 11.9 Å². The Morgan fingerprint density at radius 2 is 1.70 bits per heavy atom. The van der Waals surface area contributed by atoms with E-state index in [1.54, 1.807) is 6.20 Å². The van der Waals surface area contributed by atoms with Crippen LogP contribution in [0.4, 0.5) is 0 Å². The molecule has 1 aliphatic rings. The van der Waals surface area contributed by atoms with Gasteiger partial charge in [0, 0.05) is 24.7 Å². The maximum absolute atomic E-state index is 12.4. The maximum Gasteiger partial charge on any atom is 0.224 e. The molecule has 0 aliphatic carbocycles. The number of aromatic nitrogens is 1. The predicted octanol–water partition coefficient (Wildman–Crippen LogP) is 3.69. The second-order valence-corrected chi connectivity index (χ2v) is 7.25. The van der Waals surface area contributed by atoms with Crippen molar-refractivity contribution < 1.29 is 4.79 Å². The minimum atomic E-state index is 0.0225. The molecule has 0 atom stereocenters. The van der Waals surface area contributed by atoms with Gasteiger partial charge in [0.2, 0.25) is 5.91 Å². The first-order chi connectivity index (χ1) is 13.3. The normalized spacial score (nSPS) is 14.5. The molecule has 27 heavy (non-hydrogen) atoms. The van der Waals surface area contributed by atoms with Gasteiger partial charge in [0.15, 0.2) is 0 Å². The number of fused-ring (bicyclic) bond motifs is 1. The Hall–Kier alpha value is -2.72. The van der Waals surface area contributed by atoms with E-state index in [2.05, 4.69) is 39.5 Å². The number of benzene rings is 2. The predicted molar refractivity (Wildman–Crippen MR) is 108 cm³/mol. The summed E-state index contributed by atoms with van der Waals surface area (Å²) in [5.74, 6) is 0.0225. The summed E-state index contributed by atoms with van der Waals surface area (Å²) in [6, 6.07) is 18.5. The first-order valence-electron chi connectivity index (χ1n) is 9.67. The average molecular weight is 359 g/mol. The summed E-state index contributed by atoms with van der Waals surface area (Å²) in [6.07, 6.45) is 4.75. The van der Waals surface area contributed by atoms with Crippen LogP contribution in [-0.4, -0.2) is 28.9 Å². The molecule has 1 aromatic heterocycles. The summed E-state index contributed by atoms with van der Waals surface area (Å²) >= 11 is 0. The highest BCUT2D eigenvalue weighted by molar-refractivity contribution is 5.87. The first-order valence-corrected chi connectivity index (χ1v) is 9.67. The molecule has 0 unspecified atom stereocenters. The Morgan fingerprint density at radius 1 is 0.963 bits per heavy atom. The number of hydrogen-bond acceptors (Lipinski definition) is 3. The number of rotatable bonds is 6. The van der Waals surface area contributed by atoms with Crippen LogP contribution in [0.15, 0.2) is 60.8 Å². The summed E-state index contributed by atoms with van der Waals surface area (Å²) in [6.45, 7) is 4.00. The van der Waals surface area contributed by atoms with Crippen LogP contribution in [0.1, 0.15) is 29.5 Å². The summed E-state index contributed by atoms with van der Waals surface area (Å²) in [5.41, 5.74) is 4.34. The number of nitrogens with zero attached hydrogens (tertiary/aromatic N) is 2. The molecule has 4 rings (SSSR count). The third-order valence-corrected chi connectivity index (χ3v) is 5.18. The van der Waals surface area contributed by atoms with Crippen molar-refractivity contribution >= 4 is 16.8 Å². The van der Waals surface area contributed by atoms with E-state index in [-0.39, 0.29) is 5.91 Å². The third-order valence-electron chi connectivity index (χ3n) is 5.18. The smallest absolute Gasteiger partial charge is 0.224 e. The van der Waals surface area contributed by atoms with Crippen molar-refractivity contribution in [3.63, 3.8) is 0 Å². The van der Waals surface area contributed by atoms with E-state index in [0.717, 1.165) is 28.6 Å². The molecule has 1 fully saturated rings. The zero-order valence-electron chi connectivity index (χ0n) is 15.5. The molecule has 0 saturated carbocycles. The van der Waals surface area contributed by atoms with Crippen LogP contribution in [0.25, 0.3) is 10.9 Å². The van der Waals surface area contributed by atoms with Gasteiger partial charge in [0.1, 0.15) is 0 Å². The number of hydrogen-bond donors (Lipinski definition) is 1. The van der Waals surface area contributed by atoms with Crippen LogP contribution >= 0.6 is 0 Å². The van der Waals surface area contributed by atoms with Crippen molar-refractivity contribution in [2.24, 2.45) is 0 Å². The second-order valence-electron chi connectivity index (χ2n) is 7.25. The van der Waals surface area contributed by atoms with Crippen LogP contribution in [-0.2, 0) is 24.3 Å². The van der Waals surface area contributed by atoms with E-state index in [4.69, 9.17) is 0 Å². The highest BCUT2D eigenvalue weighted by Crippen LogP contribution is 2.16. The largest absolute Gasteiger partial charge is 0.352 e. The number of likely N-dealkylation sites (tertiary alicyclic amines) is 1. The summed E-state index contributed by atoms with van der Waals surface area (Å²) in [7, 11) is 0. The Morgan fingerprint density at radius 3 is 2.52 bits per heavy atom. The highest BCUT2D eigenvalue weighted by Gasteiger charge is 2.11. The van der Waals surface area contributed by atoms with Crippen LogP contribution in [0.3, 0.4) is 0 Å². The van der Waals surface area contributed by atoms with E-state index < -0.39 is 0 Å². The number of carbonyl (C=O) groups is 1. The van der Waals surface area contributed by atoms with Gasteiger partial charge in [0.25, 0.3) is 0 Å². The monoisotopic (exact) mass is 359 g/mol. The quantitative estimate of drug-likeness (QED) is 0.730. The average Bonchev–Trinajstić information content (AvgIpc) is 3.21. The van der Waals surface area contributed by atoms with Crippen LogP contribution in [0.2, 0.25) is 0 Å². The number of nitrogens with one attached hydrogen (secondary N) is 1. The Labute approximate surface area is 160 Å². The van der Waals surface area contributed by atoms with E-state index in [1.165, 1.54) is 31.5 Å². The molecular weight excluding hydrogens is 334 g/mol. The zero-order chi connectivity index (χ0) is 18.5. The SMILES string of the molecule is O=C(Cc1cccc2cccnc12)NCc1ccc(CN2CCCC2)cc1. The summed E-state index contributed by atoms with van der Waals surface area (Å²) in [4.78, 5) is 19.3. The van der Waals surface area contributed by atoms with Crippen LogP contribution in [0.5, 0.6) is 0 Å². The van der Waals surface area contributed by atoms with Gasteiger partial charge in [-0.15, -0.1) is 0 Å². The van der Waals surface area contributed by atoms with Crippen LogP contribution in [0, 0.1) is 0 Å². The van der Waals surface area contributed by atoms with Gasteiger partial charge in [-0.05, 0) is 48.7 Å². The van der Waals surface area contributed by atoms with Gasteiger partial charge in [-0.3, -0.25) is 14.7 Å². The molecule has 1 saturated heterocycles. The number of carbonyl (C=O) groups excluding carboxylic acids is 1. The number of para-hydroxylation sites is 1. The van der Waals surface area contributed by atoms with Crippen LogP contribution < -0.4 is 5.32 Å². The van der Waals surface area contributed by atoms with Gasteiger partial charge < -0.3 is 5.32 Å². The van der Waals surface area contributed by atoms with Crippen molar-refractivity contribution in [2.45, 2.75) is 32.4 Å². The lowest BCUT2D eigenvalue weighted by Crippen LogP contribution is -2.24. The van der Waals surface area contributed by atoms with E-state index in [9.17, 15) is 4.79 Å². The second kappa shape index (κ2) is 8.31. The first kappa shape index (κ1) is 17.7. The molecule has 4 nitrogen and oxygen atoms in total. The molecule has 3 aromatic rings. The maximum atomic E-state index is 12.4. The topological polar surface area (TPSA) is 45.2 Å². The number of pyridine rings is 1. The highest BCUT2D eigenvalue weighted by atomic mass is 16.1. The molecular formula is C23H25N3O. The molecule has 138 valence electrons. The van der Waals surface area contributed by atoms with Gasteiger partial charge >= 0.3 is 0 Å². The molecule has 0 radical (unpaired) electrons. The fourth-order valence-electron chi connectivity index (χ4n) is 3.71. The molecule has 0 spiro atoms. The van der Waals surface area contributed by atoms with Gasteiger partial charge in [-0.2, -0.15) is 0 Å². The van der Waals surface area contributed by atoms with E-state index in [0.29, 0.717) is 13.0 Å². The molecule has 2 heterocycles. The Bertz CT molecular complexity index is 909. The van der Waals surface area contributed by atoms with E-state index in [1.807, 2.05) is 30.3 Å². The molecule has 4 heteroatoms. The van der Waals surface area contributed by atoms with Crippen molar-refractivity contribution in [1.29, 1.82) is 0 Å². The lowest BCUT2D eigenvalue weighted by Gasteiger charge is -2.14. The molecule has 2 aromatic carbocycles. The lowest BCUT2D eigenvalue weighted by atomic mass is 10.1. The molecule has 0 bridgehead atoms. The lowest BCUT2D eigenvalue weighted by molar-refractivity contribution is -0.120. The molecule has 1 amide bonds.